The quantitative estimate of drug-likeness (QED) is 0.357. The second kappa shape index (κ2) is 13.4. The first kappa shape index (κ1) is 31.3. The Kier molecular flexibility index (Phi) is 9.50. The van der Waals surface area contributed by atoms with Crippen LogP contribution in [0.2, 0.25) is 0 Å². The van der Waals surface area contributed by atoms with Crippen molar-refractivity contribution in [3.05, 3.63) is 70.8 Å². The van der Waals surface area contributed by atoms with Crippen LogP contribution >= 0.6 is 0 Å². The summed E-state index contributed by atoms with van der Waals surface area (Å²) in [5, 5.41) is 0. The molecule has 1 unspecified atom stereocenters. The van der Waals surface area contributed by atoms with E-state index in [0.29, 0.717) is 17.9 Å². The molecule has 2 aromatic carbocycles. The number of nitrogens with two attached hydrogens (primary N) is 1. The van der Waals surface area contributed by atoms with Gasteiger partial charge in [-0.2, -0.15) is 0 Å². The molecule has 1 saturated carbocycles. The van der Waals surface area contributed by atoms with Crippen molar-refractivity contribution in [1.29, 1.82) is 0 Å². The van der Waals surface area contributed by atoms with Crippen molar-refractivity contribution in [2.75, 3.05) is 57.3 Å². The number of anilines is 1. The summed E-state index contributed by atoms with van der Waals surface area (Å²) < 4.78 is 25.9. The van der Waals surface area contributed by atoms with Gasteiger partial charge in [0.2, 0.25) is 9.84 Å². The molecule has 1 aliphatic carbocycles. The van der Waals surface area contributed by atoms with Crippen LogP contribution < -0.4 is 10.6 Å². The second-order valence-corrected chi connectivity index (χ2v) is 15.5. The first-order valence-corrected chi connectivity index (χ1v) is 18.4. The molecule has 3 heterocycles. The Balaban J connectivity index is 1.06. The minimum Gasteiger partial charge on any atom is -0.403 e. The number of hydrogen-bond donors (Lipinski definition) is 1. The van der Waals surface area contributed by atoms with Gasteiger partial charge in [0.1, 0.15) is 4.91 Å². The van der Waals surface area contributed by atoms with Crippen molar-refractivity contribution in [3.63, 3.8) is 0 Å². The molecule has 0 bridgehead atoms. The molecule has 44 heavy (non-hydrogen) atoms. The summed E-state index contributed by atoms with van der Waals surface area (Å²) in [4.78, 5) is 12.2. The third-order valence-electron chi connectivity index (χ3n) is 11.1. The molecule has 0 aromatic heterocycles. The van der Waals surface area contributed by atoms with Crippen LogP contribution in [0.15, 0.2) is 69.5 Å². The number of hydrogen-bond acceptors (Lipinski definition) is 7. The molecule has 0 spiro atoms. The van der Waals surface area contributed by atoms with E-state index in [9.17, 15) is 8.42 Å². The lowest BCUT2D eigenvalue weighted by atomic mass is 9.57. The summed E-state index contributed by atoms with van der Waals surface area (Å²) >= 11 is 0. The van der Waals surface area contributed by atoms with E-state index in [1.807, 2.05) is 19.1 Å². The fraction of sp³-hybridized carbons (Fsp3) is 0.583. The number of rotatable bonds is 10. The highest BCUT2D eigenvalue weighted by atomic mass is 32.2. The fourth-order valence-electron chi connectivity index (χ4n) is 8.81. The maximum atomic E-state index is 13.0. The summed E-state index contributed by atoms with van der Waals surface area (Å²) in [5.41, 5.74) is 10.3. The van der Waals surface area contributed by atoms with Gasteiger partial charge in [-0.15, -0.1) is 0 Å². The van der Waals surface area contributed by atoms with Gasteiger partial charge in [0.15, 0.2) is 0 Å². The fourth-order valence-corrected chi connectivity index (χ4v) is 9.97. The first-order chi connectivity index (χ1) is 21.4. The predicted octanol–water partition coefficient (Wildman–Crippen LogP) is 5.46. The minimum atomic E-state index is -3.67. The monoisotopic (exact) mass is 617 g/mol. The van der Waals surface area contributed by atoms with Gasteiger partial charge in [0, 0.05) is 68.7 Å². The van der Waals surface area contributed by atoms with Crippen molar-refractivity contribution >= 4 is 21.7 Å². The number of piperidine rings is 1. The average molecular weight is 618 g/mol. The second-order valence-electron chi connectivity index (χ2n) is 13.5. The molecular formula is C36H51N5O2S. The molecule has 8 heteroatoms. The van der Waals surface area contributed by atoms with Crippen LogP contribution in [0.1, 0.15) is 63.5 Å². The molecule has 238 valence electrons. The number of sulfone groups is 1. The maximum Gasteiger partial charge on any atom is 0.209 e. The lowest BCUT2D eigenvalue weighted by molar-refractivity contribution is 0.0359. The summed E-state index contributed by atoms with van der Waals surface area (Å²) in [6.45, 7) is 13.8. The molecule has 2 saturated heterocycles. The molecule has 1 atom stereocenters. The molecule has 6 rings (SSSR count). The smallest absolute Gasteiger partial charge is 0.209 e. The van der Waals surface area contributed by atoms with Gasteiger partial charge in [-0.05, 0) is 99.5 Å². The molecule has 3 aliphatic heterocycles. The Labute approximate surface area is 265 Å². The Morgan fingerprint density at radius 3 is 2.30 bits per heavy atom. The zero-order valence-electron chi connectivity index (χ0n) is 26.7. The van der Waals surface area contributed by atoms with Crippen molar-refractivity contribution in [2.45, 2.75) is 69.2 Å². The third-order valence-corrected chi connectivity index (χ3v) is 12.9. The molecule has 2 N–H and O–H groups in total. The number of allylic oxidation sites excluding steroid dienone is 1. The van der Waals surface area contributed by atoms with E-state index >= 15 is 0 Å². The zero-order chi connectivity index (χ0) is 30.7. The highest BCUT2D eigenvalue weighted by molar-refractivity contribution is 7.96. The zero-order valence-corrected chi connectivity index (χ0v) is 27.5. The Hall–Kier alpha value is -2.68. The largest absolute Gasteiger partial charge is 0.403 e. The molecule has 2 aromatic rings. The Morgan fingerprint density at radius 2 is 1.64 bits per heavy atom. The molecule has 3 fully saturated rings. The van der Waals surface area contributed by atoms with Crippen molar-refractivity contribution < 1.29 is 8.42 Å². The van der Waals surface area contributed by atoms with E-state index in [2.05, 4.69) is 50.9 Å². The van der Waals surface area contributed by atoms with Crippen LogP contribution in [0.5, 0.6) is 0 Å². The van der Waals surface area contributed by atoms with Crippen LogP contribution in [0.3, 0.4) is 0 Å². The summed E-state index contributed by atoms with van der Waals surface area (Å²) in [7, 11) is -3.67. The van der Waals surface area contributed by atoms with Gasteiger partial charge in [-0.1, -0.05) is 44.0 Å². The molecule has 7 nitrogen and oxygen atoms in total. The van der Waals surface area contributed by atoms with Crippen molar-refractivity contribution in [2.24, 2.45) is 28.5 Å². The maximum absolute atomic E-state index is 13.0. The van der Waals surface area contributed by atoms with Crippen LogP contribution in [-0.4, -0.2) is 76.8 Å². The lowest BCUT2D eigenvalue weighted by Gasteiger charge is -2.54. The third kappa shape index (κ3) is 5.97. The van der Waals surface area contributed by atoms with Gasteiger partial charge in [0.25, 0.3) is 0 Å². The first-order valence-electron chi connectivity index (χ1n) is 16.9. The number of likely N-dealkylation sites (N-methyl/N-ethyl adjacent to an activating group) is 1. The number of aliphatic imine (C=N–C) groups is 1. The number of benzene rings is 2. The van der Waals surface area contributed by atoms with Gasteiger partial charge in [-0.25, -0.2) is 8.42 Å². The number of likely N-dealkylation sites (tertiary alicyclic amines) is 1. The van der Waals surface area contributed by atoms with Gasteiger partial charge in [0.05, 0.1) is 4.90 Å². The van der Waals surface area contributed by atoms with E-state index in [4.69, 9.17) is 5.73 Å². The molecule has 4 aliphatic rings. The van der Waals surface area contributed by atoms with E-state index in [1.54, 1.807) is 23.3 Å². The highest BCUT2D eigenvalue weighted by Gasteiger charge is 2.51. The van der Waals surface area contributed by atoms with Crippen LogP contribution in [0.25, 0.3) is 0 Å². The highest BCUT2D eigenvalue weighted by Crippen LogP contribution is 2.53. The van der Waals surface area contributed by atoms with E-state index in [1.165, 1.54) is 64.4 Å². The molecule has 0 amide bonds. The summed E-state index contributed by atoms with van der Waals surface area (Å²) in [5.74, 6) is 2.23. The van der Waals surface area contributed by atoms with Crippen LogP contribution in [-0.2, 0) is 21.8 Å². The molecular weight excluding hydrogens is 566 g/mol. The standard InChI is InChI=1S/C36H51N5O2S/c1-3-38-22-34(21-37)44(42,43)33-15-13-32(14-16-33)41-24-28(25-41)23-40-19-17-31(18-20-40)36(30-10-6-7-11-30)27-39(4-2)26-29-9-5-8-12-35(29)36/h5,8-9,12-16,21-22,28,30-31H,3-4,6-7,10-11,17-20,23-27,37H2,1-2H3. The van der Waals surface area contributed by atoms with Crippen molar-refractivity contribution in [1.82, 2.24) is 9.80 Å². The van der Waals surface area contributed by atoms with Gasteiger partial charge < -0.3 is 15.5 Å². The Bertz CT molecular complexity index is 1440. The normalized spacial score (nSPS) is 25.0. The summed E-state index contributed by atoms with van der Waals surface area (Å²) in [6, 6.07) is 16.7. The van der Waals surface area contributed by atoms with Crippen LogP contribution in [0, 0.1) is 17.8 Å². The lowest BCUT2D eigenvalue weighted by Crippen LogP contribution is -2.57. The number of nitrogens with zero attached hydrogens (tertiary/aromatic N) is 4. The predicted molar refractivity (Wildman–Crippen MR) is 181 cm³/mol. The average Bonchev–Trinajstić information content (AvgIpc) is 3.58. The van der Waals surface area contributed by atoms with E-state index < -0.39 is 9.84 Å². The number of fused-ring (bicyclic) bond motifs is 1. The van der Waals surface area contributed by atoms with Gasteiger partial charge >= 0.3 is 0 Å². The summed E-state index contributed by atoms with van der Waals surface area (Å²) in [6.07, 6.45) is 10.7. The van der Waals surface area contributed by atoms with Crippen molar-refractivity contribution in [3.8, 4) is 0 Å². The SMILES string of the molecule is CCN=CC(=CN)S(=O)(=O)c1ccc(N2CC(CN3CCC(C4(C5CCCC5)CN(CC)Cc5ccccc54)CC3)C2)cc1. The Morgan fingerprint density at radius 1 is 0.955 bits per heavy atom. The van der Waals surface area contributed by atoms with E-state index in [0.717, 1.165) is 56.4 Å². The minimum absolute atomic E-state index is 0.0319. The molecule has 0 radical (unpaired) electrons. The van der Waals surface area contributed by atoms with Gasteiger partial charge in [-0.3, -0.25) is 9.89 Å². The topological polar surface area (TPSA) is 82.2 Å². The van der Waals surface area contributed by atoms with E-state index in [-0.39, 0.29) is 9.80 Å². The van der Waals surface area contributed by atoms with Crippen LogP contribution in [0.4, 0.5) is 5.69 Å².